The van der Waals surface area contributed by atoms with Crippen molar-refractivity contribution in [3.63, 3.8) is 0 Å². The van der Waals surface area contributed by atoms with Crippen LogP contribution in [0.5, 0.6) is 0 Å². The molecule has 1 amide bonds. The summed E-state index contributed by atoms with van der Waals surface area (Å²) in [5.74, 6) is 0.182. The fraction of sp³-hybridized carbons (Fsp3) is 0.250. The zero-order chi connectivity index (χ0) is 9.84. The molecule has 0 aliphatic carbocycles. The van der Waals surface area contributed by atoms with Crippen LogP contribution in [0.3, 0.4) is 0 Å². The molecular formula is C8H10ClN3O. The van der Waals surface area contributed by atoms with Gasteiger partial charge >= 0.3 is 0 Å². The molecule has 1 atom stereocenters. The van der Waals surface area contributed by atoms with Crippen molar-refractivity contribution in [1.82, 2.24) is 4.98 Å². The molecule has 0 aliphatic heterocycles. The first kappa shape index (κ1) is 9.95. The van der Waals surface area contributed by atoms with Gasteiger partial charge in [-0.25, -0.2) is 4.98 Å². The Bertz CT molecular complexity index is 297. The van der Waals surface area contributed by atoms with Crippen LogP contribution < -0.4 is 11.1 Å². The molecule has 4 nitrogen and oxygen atoms in total. The van der Waals surface area contributed by atoms with Crippen LogP contribution in [-0.2, 0) is 4.79 Å². The maximum atomic E-state index is 11.1. The van der Waals surface area contributed by atoms with Crippen molar-refractivity contribution in [1.29, 1.82) is 0 Å². The van der Waals surface area contributed by atoms with E-state index >= 15 is 0 Å². The summed E-state index contributed by atoms with van der Waals surface area (Å²) in [7, 11) is 0. The molecule has 0 radical (unpaired) electrons. The fourth-order valence-electron chi connectivity index (χ4n) is 0.690. The smallest absolute Gasteiger partial charge is 0.242 e. The van der Waals surface area contributed by atoms with E-state index in [9.17, 15) is 4.79 Å². The molecule has 0 saturated carbocycles. The number of carbonyl (C=O) groups is 1. The summed E-state index contributed by atoms with van der Waals surface area (Å²) in [5, 5.41) is 3.06. The SMILES string of the molecule is CC(N)C(=O)Nc1ccc(Cl)cn1. The molecule has 1 aromatic rings. The molecule has 70 valence electrons. The van der Waals surface area contributed by atoms with Gasteiger partial charge in [-0.1, -0.05) is 11.6 Å². The highest BCUT2D eigenvalue weighted by atomic mass is 35.5. The van der Waals surface area contributed by atoms with Gasteiger partial charge in [0.2, 0.25) is 5.91 Å². The molecule has 0 spiro atoms. The van der Waals surface area contributed by atoms with Crippen LogP contribution in [0.25, 0.3) is 0 Å². The third kappa shape index (κ3) is 3.01. The van der Waals surface area contributed by atoms with Crippen molar-refractivity contribution in [2.75, 3.05) is 5.32 Å². The van der Waals surface area contributed by atoms with Crippen LogP contribution in [0.2, 0.25) is 5.02 Å². The van der Waals surface area contributed by atoms with Crippen LogP contribution in [0.4, 0.5) is 5.82 Å². The van der Waals surface area contributed by atoms with Crippen LogP contribution in [0.1, 0.15) is 6.92 Å². The number of nitrogens with one attached hydrogen (secondary N) is 1. The Morgan fingerprint density at radius 2 is 2.38 bits per heavy atom. The quantitative estimate of drug-likeness (QED) is 0.748. The van der Waals surface area contributed by atoms with E-state index in [-0.39, 0.29) is 5.91 Å². The molecule has 13 heavy (non-hydrogen) atoms. The Kier molecular flexibility index (Phi) is 3.22. The number of pyridine rings is 1. The topological polar surface area (TPSA) is 68.0 Å². The predicted octanol–water partition coefficient (Wildman–Crippen LogP) is 1.02. The summed E-state index contributed by atoms with van der Waals surface area (Å²) >= 11 is 5.61. The Hall–Kier alpha value is -1.13. The van der Waals surface area contributed by atoms with Crippen molar-refractivity contribution < 1.29 is 4.79 Å². The van der Waals surface area contributed by atoms with Gasteiger partial charge in [-0.2, -0.15) is 0 Å². The summed E-state index contributed by atoms with van der Waals surface area (Å²) in [4.78, 5) is 15.0. The summed E-state index contributed by atoms with van der Waals surface area (Å²) in [5.41, 5.74) is 5.35. The Balaban J connectivity index is 2.65. The largest absolute Gasteiger partial charge is 0.320 e. The van der Waals surface area contributed by atoms with Crippen LogP contribution in [-0.4, -0.2) is 16.9 Å². The average molecular weight is 200 g/mol. The number of nitrogens with two attached hydrogens (primary N) is 1. The highest BCUT2D eigenvalue weighted by Gasteiger charge is 2.07. The van der Waals surface area contributed by atoms with Crippen molar-refractivity contribution in [3.8, 4) is 0 Å². The minimum absolute atomic E-state index is 0.269. The standard InChI is InChI=1S/C8H10ClN3O/c1-5(10)8(13)12-7-3-2-6(9)4-11-7/h2-5H,10H2,1H3,(H,11,12,13). The minimum atomic E-state index is -0.544. The third-order valence-electron chi connectivity index (χ3n) is 1.39. The normalized spacial score (nSPS) is 12.2. The van der Waals surface area contributed by atoms with Gasteiger partial charge in [-0.05, 0) is 19.1 Å². The predicted molar refractivity (Wildman–Crippen MR) is 51.5 cm³/mol. The van der Waals surface area contributed by atoms with E-state index in [1.165, 1.54) is 6.20 Å². The molecule has 0 saturated heterocycles. The Morgan fingerprint density at radius 1 is 1.69 bits per heavy atom. The van der Waals surface area contributed by atoms with E-state index in [1.807, 2.05) is 0 Å². The zero-order valence-electron chi connectivity index (χ0n) is 7.12. The number of halogens is 1. The number of anilines is 1. The molecule has 1 unspecified atom stereocenters. The summed E-state index contributed by atoms with van der Waals surface area (Å²) < 4.78 is 0. The highest BCUT2D eigenvalue weighted by Crippen LogP contribution is 2.09. The number of rotatable bonds is 2. The summed E-state index contributed by atoms with van der Waals surface area (Å²) in [6.07, 6.45) is 1.46. The van der Waals surface area contributed by atoms with E-state index in [4.69, 9.17) is 17.3 Å². The van der Waals surface area contributed by atoms with Gasteiger partial charge in [0, 0.05) is 6.20 Å². The van der Waals surface area contributed by atoms with E-state index in [0.29, 0.717) is 10.8 Å². The van der Waals surface area contributed by atoms with Crippen molar-refractivity contribution in [3.05, 3.63) is 23.4 Å². The third-order valence-corrected chi connectivity index (χ3v) is 1.62. The van der Waals surface area contributed by atoms with Crippen LogP contribution >= 0.6 is 11.6 Å². The second-order valence-electron chi connectivity index (χ2n) is 2.64. The minimum Gasteiger partial charge on any atom is -0.320 e. The lowest BCUT2D eigenvalue weighted by atomic mass is 10.3. The molecule has 0 fully saturated rings. The van der Waals surface area contributed by atoms with Gasteiger partial charge in [-0.15, -0.1) is 0 Å². The average Bonchev–Trinajstić information content (AvgIpc) is 2.08. The van der Waals surface area contributed by atoms with Crippen molar-refractivity contribution in [2.45, 2.75) is 13.0 Å². The first-order valence-corrected chi connectivity index (χ1v) is 4.15. The number of carbonyl (C=O) groups excluding carboxylic acids is 1. The molecule has 0 aromatic carbocycles. The Labute approximate surface area is 81.1 Å². The van der Waals surface area contributed by atoms with Gasteiger partial charge in [0.25, 0.3) is 0 Å². The van der Waals surface area contributed by atoms with E-state index < -0.39 is 6.04 Å². The molecule has 1 rings (SSSR count). The van der Waals surface area contributed by atoms with Crippen molar-refractivity contribution in [2.24, 2.45) is 5.73 Å². The van der Waals surface area contributed by atoms with Gasteiger partial charge in [-0.3, -0.25) is 4.79 Å². The second-order valence-corrected chi connectivity index (χ2v) is 3.08. The molecule has 5 heteroatoms. The number of aromatic nitrogens is 1. The maximum Gasteiger partial charge on any atom is 0.242 e. The first-order valence-electron chi connectivity index (χ1n) is 3.77. The fourth-order valence-corrected chi connectivity index (χ4v) is 0.802. The van der Waals surface area contributed by atoms with E-state index in [2.05, 4.69) is 10.3 Å². The van der Waals surface area contributed by atoms with Gasteiger partial charge in [0.05, 0.1) is 11.1 Å². The van der Waals surface area contributed by atoms with Crippen LogP contribution in [0, 0.1) is 0 Å². The molecule has 0 bridgehead atoms. The zero-order valence-corrected chi connectivity index (χ0v) is 7.88. The summed E-state index contributed by atoms with van der Waals surface area (Å²) in [6.45, 7) is 1.60. The molecule has 0 aliphatic rings. The summed E-state index contributed by atoms with van der Waals surface area (Å²) in [6, 6.07) is 2.71. The van der Waals surface area contributed by atoms with E-state index in [0.717, 1.165) is 0 Å². The first-order chi connectivity index (χ1) is 6.09. The van der Waals surface area contributed by atoms with Gasteiger partial charge < -0.3 is 11.1 Å². The van der Waals surface area contributed by atoms with E-state index in [1.54, 1.807) is 19.1 Å². The molecule has 3 N–H and O–H groups in total. The highest BCUT2D eigenvalue weighted by molar-refractivity contribution is 6.30. The van der Waals surface area contributed by atoms with Gasteiger partial charge in [0.1, 0.15) is 5.82 Å². The monoisotopic (exact) mass is 199 g/mol. The lowest BCUT2D eigenvalue weighted by molar-refractivity contribution is -0.117. The molecule has 1 aromatic heterocycles. The van der Waals surface area contributed by atoms with Crippen molar-refractivity contribution >= 4 is 23.3 Å². The second kappa shape index (κ2) is 4.20. The number of amides is 1. The lowest BCUT2D eigenvalue weighted by Crippen LogP contribution is -2.32. The van der Waals surface area contributed by atoms with Crippen LogP contribution in [0.15, 0.2) is 18.3 Å². The number of hydrogen-bond acceptors (Lipinski definition) is 3. The molecule has 1 heterocycles. The Morgan fingerprint density at radius 3 is 2.85 bits per heavy atom. The number of nitrogens with zero attached hydrogens (tertiary/aromatic N) is 1. The molecular weight excluding hydrogens is 190 g/mol. The lowest BCUT2D eigenvalue weighted by Gasteiger charge is -2.05. The number of hydrogen-bond donors (Lipinski definition) is 2. The maximum absolute atomic E-state index is 11.1. The van der Waals surface area contributed by atoms with Gasteiger partial charge in [0.15, 0.2) is 0 Å².